The fraction of sp³-hybridized carbons (Fsp3) is 0.800. The number of rotatable bonds is 7. The molecular weight excluding hydrogens is 252 g/mol. The largest absolute Gasteiger partial charge is 0.394 e. The Kier molecular flexibility index (Phi) is 6.01. The van der Waals surface area contributed by atoms with Crippen molar-refractivity contribution < 1.29 is 5.11 Å². The SMILES string of the molecule is CCN(Cc1cnn(CCO)c1)C1CCCCC1CN. The molecule has 114 valence electrons. The summed E-state index contributed by atoms with van der Waals surface area (Å²) in [6.45, 7) is 5.71. The molecule has 1 aromatic heterocycles. The number of aliphatic hydroxyl groups excluding tert-OH is 1. The van der Waals surface area contributed by atoms with Gasteiger partial charge in [0.1, 0.15) is 0 Å². The number of hydrogen-bond donors (Lipinski definition) is 2. The molecule has 5 heteroatoms. The Hall–Kier alpha value is -0.910. The smallest absolute Gasteiger partial charge is 0.0640 e. The first-order chi connectivity index (χ1) is 9.78. The molecule has 5 nitrogen and oxygen atoms in total. The molecule has 0 aliphatic heterocycles. The number of aliphatic hydroxyl groups is 1. The lowest BCUT2D eigenvalue weighted by Crippen LogP contribution is -2.44. The topological polar surface area (TPSA) is 67.3 Å². The standard InChI is InChI=1S/C15H28N4O/c1-2-18(15-6-4-3-5-14(15)9-16)11-13-10-17-19(12-13)7-8-20/h10,12,14-15,20H,2-9,11,16H2,1H3. The highest BCUT2D eigenvalue weighted by atomic mass is 16.3. The number of aromatic nitrogens is 2. The van der Waals surface area contributed by atoms with Gasteiger partial charge in [-0.1, -0.05) is 19.8 Å². The summed E-state index contributed by atoms with van der Waals surface area (Å²) in [5.41, 5.74) is 7.18. The van der Waals surface area contributed by atoms with Gasteiger partial charge in [0.05, 0.1) is 19.3 Å². The van der Waals surface area contributed by atoms with E-state index in [2.05, 4.69) is 16.9 Å². The molecule has 0 amide bonds. The Bertz CT molecular complexity index is 393. The second-order valence-corrected chi connectivity index (χ2v) is 5.75. The molecule has 2 rings (SSSR count). The van der Waals surface area contributed by atoms with Gasteiger partial charge in [-0.05, 0) is 31.8 Å². The molecule has 1 fully saturated rings. The van der Waals surface area contributed by atoms with Crippen LogP contribution in [0.3, 0.4) is 0 Å². The van der Waals surface area contributed by atoms with E-state index in [0.29, 0.717) is 18.5 Å². The molecule has 2 unspecified atom stereocenters. The van der Waals surface area contributed by atoms with Gasteiger partial charge in [0.2, 0.25) is 0 Å². The molecule has 1 saturated carbocycles. The second kappa shape index (κ2) is 7.76. The van der Waals surface area contributed by atoms with Crippen LogP contribution >= 0.6 is 0 Å². The minimum Gasteiger partial charge on any atom is -0.394 e. The third-order valence-electron chi connectivity index (χ3n) is 4.45. The van der Waals surface area contributed by atoms with E-state index >= 15 is 0 Å². The zero-order chi connectivity index (χ0) is 14.4. The third-order valence-corrected chi connectivity index (χ3v) is 4.45. The number of nitrogens with two attached hydrogens (primary N) is 1. The first-order valence-corrected chi connectivity index (χ1v) is 7.84. The average molecular weight is 280 g/mol. The van der Waals surface area contributed by atoms with Crippen molar-refractivity contribution in [1.29, 1.82) is 0 Å². The van der Waals surface area contributed by atoms with Gasteiger partial charge >= 0.3 is 0 Å². The van der Waals surface area contributed by atoms with Gasteiger partial charge in [-0.25, -0.2) is 0 Å². The molecule has 2 atom stereocenters. The van der Waals surface area contributed by atoms with Crippen molar-refractivity contribution in [2.45, 2.75) is 51.7 Å². The quantitative estimate of drug-likeness (QED) is 0.788. The zero-order valence-corrected chi connectivity index (χ0v) is 12.5. The zero-order valence-electron chi connectivity index (χ0n) is 12.5. The third kappa shape index (κ3) is 3.81. The Morgan fingerprint density at radius 1 is 1.45 bits per heavy atom. The summed E-state index contributed by atoms with van der Waals surface area (Å²) in [4.78, 5) is 2.54. The molecule has 1 aliphatic carbocycles. The minimum atomic E-state index is 0.135. The predicted octanol–water partition coefficient (Wildman–Crippen LogP) is 1.21. The second-order valence-electron chi connectivity index (χ2n) is 5.75. The van der Waals surface area contributed by atoms with Crippen LogP contribution in [0.25, 0.3) is 0 Å². The highest BCUT2D eigenvalue weighted by Gasteiger charge is 2.28. The van der Waals surface area contributed by atoms with E-state index in [1.165, 1.54) is 31.2 Å². The fourth-order valence-electron chi connectivity index (χ4n) is 3.35. The van der Waals surface area contributed by atoms with E-state index in [0.717, 1.165) is 19.6 Å². The van der Waals surface area contributed by atoms with Crippen LogP contribution in [-0.2, 0) is 13.1 Å². The molecular formula is C15H28N4O. The van der Waals surface area contributed by atoms with E-state index in [1.807, 2.05) is 17.1 Å². The summed E-state index contributed by atoms with van der Waals surface area (Å²) in [5, 5.41) is 13.2. The maximum Gasteiger partial charge on any atom is 0.0640 e. The highest BCUT2D eigenvalue weighted by Crippen LogP contribution is 2.28. The van der Waals surface area contributed by atoms with Crippen molar-refractivity contribution >= 4 is 0 Å². The Morgan fingerprint density at radius 3 is 2.95 bits per heavy atom. The van der Waals surface area contributed by atoms with Gasteiger partial charge in [-0.3, -0.25) is 9.58 Å². The summed E-state index contributed by atoms with van der Waals surface area (Å²) in [7, 11) is 0. The van der Waals surface area contributed by atoms with Crippen molar-refractivity contribution in [1.82, 2.24) is 14.7 Å². The summed E-state index contributed by atoms with van der Waals surface area (Å²) in [5.74, 6) is 0.635. The predicted molar refractivity (Wildman–Crippen MR) is 80.2 cm³/mol. The van der Waals surface area contributed by atoms with Gasteiger partial charge in [-0.15, -0.1) is 0 Å². The Morgan fingerprint density at radius 2 is 2.25 bits per heavy atom. The van der Waals surface area contributed by atoms with Gasteiger partial charge in [0.15, 0.2) is 0 Å². The number of hydrogen-bond acceptors (Lipinski definition) is 4. The van der Waals surface area contributed by atoms with Crippen molar-refractivity contribution in [2.75, 3.05) is 19.7 Å². The van der Waals surface area contributed by atoms with E-state index in [-0.39, 0.29) is 6.61 Å². The van der Waals surface area contributed by atoms with Crippen LogP contribution in [0.2, 0.25) is 0 Å². The first-order valence-electron chi connectivity index (χ1n) is 7.84. The van der Waals surface area contributed by atoms with E-state index in [1.54, 1.807) is 0 Å². The van der Waals surface area contributed by atoms with Crippen LogP contribution in [0.5, 0.6) is 0 Å². The minimum absolute atomic E-state index is 0.135. The van der Waals surface area contributed by atoms with Crippen LogP contribution in [0.15, 0.2) is 12.4 Å². The lowest BCUT2D eigenvalue weighted by atomic mass is 9.83. The molecule has 0 aromatic carbocycles. The fourth-order valence-corrected chi connectivity index (χ4v) is 3.35. The van der Waals surface area contributed by atoms with Gasteiger partial charge in [0.25, 0.3) is 0 Å². The molecule has 0 radical (unpaired) electrons. The summed E-state index contributed by atoms with van der Waals surface area (Å²) in [6.07, 6.45) is 9.13. The molecule has 0 spiro atoms. The highest BCUT2D eigenvalue weighted by molar-refractivity contribution is 5.04. The number of nitrogens with zero attached hydrogens (tertiary/aromatic N) is 3. The Labute approximate surface area is 121 Å². The van der Waals surface area contributed by atoms with E-state index in [4.69, 9.17) is 10.8 Å². The molecule has 20 heavy (non-hydrogen) atoms. The summed E-state index contributed by atoms with van der Waals surface area (Å²) in [6, 6.07) is 0.611. The molecule has 1 heterocycles. The molecule has 1 aromatic rings. The van der Waals surface area contributed by atoms with Crippen molar-refractivity contribution in [3.63, 3.8) is 0 Å². The molecule has 0 saturated heterocycles. The van der Waals surface area contributed by atoms with Crippen LogP contribution in [-0.4, -0.2) is 45.5 Å². The van der Waals surface area contributed by atoms with Crippen LogP contribution < -0.4 is 5.73 Å². The average Bonchev–Trinajstić information content (AvgIpc) is 2.92. The maximum atomic E-state index is 8.94. The van der Waals surface area contributed by atoms with E-state index < -0.39 is 0 Å². The van der Waals surface area contributed by atoms with Crippen LogP contribution in [0, 0.1) is 5.92 Å². The molecule has 1 aliphatic rings. The van der Waals surface area contributed by atoms with Crippen LogP contribution in [0.1, 0.15) is 38.2 Å². The summed E-state index contributed by atoms with van der Waals surface area (Å²) < 4.78 is 1.81. The van der Waals surface area contributed by atoms with Gasteiger partial charge in [0, 0.05) is 24.3 Å². The van der Waals surface area contributed by atoms with Gasteiger partial charge < -0.3 is 10.8 Å². The lowest BCUT2D eigenvalue weighted by Gasteiger charge is -2.39. The summed E-state index contributed by atoms with van der Waals surface area (Å²) >= 11 is 0. The Balaban J connectivity index is 1.99. The van der Waals surface area contributed by atoms with Crippen molar-refractivity contribution in [2.24, 2.45) is 11.7 Å². The van der Waals surface area contributed by atoms with Crippen molar-refractivity contribution in [3.05, 3.63) is 18.0 Å². The van der Waals surface area contributed by atoms with Crippen LogP contribution in [0.4, 0.5) is 0 Å². The molecule has 3 N–H and O–H groups in total. The van der Waals surface area contributed by atoms with Gasteiger partial charge in [-0.2, -0.15) is 5.10 Å². The lowest BCUT2D eigenvalue weighted by molar-refractivity contribution is 0.105. The van der Waals surface area contributed by atoms with Crippen molar-refractivity contribution in [3.8, 4) is 0 Å². The first kappa shape index (κ1) is 15.5. The monoisotopic (exact) mass is 280 g/mol. The van der Waals surface area contributed by atoms with E-state index in [9.17, 15) is 0 Å². The maximum absolute atomic E-state index is 8.94. The molecule has 0 bridgehead atoms. The normalized spacial score (nSPS) is 23.4.